The van der Waals surface area contributed by atoms with E-state index in [4.69, 9.17) is 4.74 Å². The summed E-state index contributed by atoms with van der Waals surface area (Å²) in [4.78, 5) is 4.58. The number of hydrogen-bond acceptors (Lipinski definition) is 5. The number of fused-ring (bicyclic) bond motifs is 1. The lowest BCUT2D eigenvalue weighted by Gasteiger charge is -2.26. The molecule has 0 unspecified atom stereocenters. The molecule has 2 aromatic rings. The molecule has 6 nitrogen and oxygen atoms in total. The maximum absolute atomic E-state index is 12.7. The Morgan fingerprint density at radius 2 is 1.93 bits per heavy atom. The van der Waals surface area contributed by atoms with E-state index < -0.39 is 10.0 Å². The Balaban J connectivity index is 1.36. The molecule has 1 saturated heterocycles. The van der Waals surface area contributed by atoms with Crippen LogP contribution in [0.4, 0.5) is 5.82 Å². The second-order valence-electron chi connectivity index (χ2n) is 7.21. The highest BCUT2D eigenvalue weighted by Crippen LogP contribution is 2.27. The summed E-state index contributed by atoms with van der Waals surface area (Å²) in [5, 5.41) is 3.30. The third kappa shape index (κ3) is 4.09. The normalized spacial score (nSPS) is 20.5. The van der Waals surface area contributed by atoms with Crippen molar-refractivity contribution in [2.24, 2.45) is 5.92 Å². The Morgan fingerprint density at radius 1 is 1.11 bits per heavy atom. The second-order valence-corrected chi connectivity index (χ2v) is 9.15. The molecule has 0 radical (unpaired) electrons. The highest BCUT2D eigenvalue weighted by atomic mass is 32.2. The largest absolute Gasteiger partial charge is 0.493 e. The van der Waals surface area contributed by atoms with Gasteiger partial charge in [-0.15, -0.1) is 0 Å². The molecule has 3 heterocycles. The van der Waals surface area contributed by atoms with E-state index in [9.17, 15) is 8.42 Å². The zero-order chi connectivity index (χ0) is 18.7. The van der Waals surface area contributed by atoms with E-state index in [1.807, 2.05) is 18.2 Å². The van der Waals surface area contributed by atoms with Gasteiger partial charge in [-0.1, -0.05) is 24.6 Å². The summed E-state index contributed by atoms with van der Waals surface area (Å²) in [5.74, 6) is 2.02. The number of aromatic nitrogens is 1. The van der Waals surface area contributed by atoms with Crippen molar-refractivity contribution in [2.45, 2.75) is 30.6 Å². The predicted octanol–water partition coefficient (Wildman–Crippen LogP) is 2.92. The number of nitrogens with zero attached hydrogens (tertiary/aromatic N) is 2. The van der Waals surface area contributed by atoms with E-state index in [2.05, 4.69) is 16.4 Å². The fraction of sp³-hybridized carbons (Fsp3) is 0.450. The first kappa shape index (κ1) is 18.3. The van der Waals surface area contributed by atoms with Gasteiger partial charge in [0.15, 0.2) is 0 Å². The number of piperidine rings is 1. The van der Waals surface area contributed by atoms with Crippen molar-refractivity contribution in [3.8, 4) is 5.75 Å². The van der Waals surface area contributed by atoms with E-state index in [1.165, 1.54) is 11.8 Å². The highest BCUT2D eigenvalue weighted by Gasteiger charge is 2.26. The number of pyridine rings is 1. The molecule has 0 amide bonds. The van der Waals surface area contributed by atoms with Gasteiger partial charge in [0, 0.05) is 31.7 Å². The molecular formula is C20H25N3O3S. The molecule has 2 aliphatic rings. The van der Waals surface area contributed by atoms with Gasteiger partial charge in [0.1, 0.15) is 16.5 Å². The van der Waals surface area contributed by atoms with Crippen molar-refractivity contribution >= 4 is 15.8 Å². The number of ether oxygens (including phenoxy) is 1. The fourth-order valence-corrected chi connectivity index (χ4v) is 5.13. The molecule has 27 heavy (non-hydrogen) atoms. The Labute approximate surface area is 160 Å². The molecule has 1 aromatic heterocycles. The second kappa shape index (κ2) is 7.86. The molecule has 0 bridgehead atoms. The molecule has 1 aromatic carbocycles. The van der Waals surface area contributed by atoms with Crippen molar-refractivity contribution in [3.05, 3.63) is 48.2 Å². The van der Waals surface area contributed by atoms with Gasteiger partial charge in [-0.2, -0.15) is 4.31 Å². The van der Waals surface area contributed by atoms with Crippen LogP contribution in [0.25, 0.3) is 0 Å². The lowest BCUT2D eigenvalue weighted by Crippen LogP contribution is -2.35. The summed E-state index contributed by atoms with van der Waals surface area (Å²) < 4.78 is 32.7. The molecule has 0 aliphatic carbocycles. The minimum absolute atomic E-state index is 0.268. The van der Waals surface area contributed by atoms with Crippen LogP contribution in [0.2, 0.25) is 0 Å². The Bertz CT molecular complexity index is 878. The number of rotatable bonds is 5. The van der Waals surface area contributed by atoms with E-state index in [0.717, 1.165) is 38.0 Å². The van der Waals surface area contributed by atoms with Gasteiger partial charge in [0.25, 0.3) is 0 Å². The van der Waals surface area contributed by atoms with Gasteiger partial charge in [-0.25, -0.2) is 13.4 Å². The number of benzene rings is 1. The van der Waals surface area contributed by atoms with E-state index in [1.54, 1.807) is 16.4 Å². The Hall–Kier alpha value is -2.12. The summed E-state index contributed by atoms with van der Waals surface area (Å²) in [6.07, 6.45) is 5.38. The number of hydrogen-bond donors (Lipinski definition) is 1. The van der Waals surface area contributed by atoms with Crippen LogP contribution in [-0.4, -0.2) is 43.9 Å². The standard InChI is InChI=1S/C20H25N3O3S/c24-27(25,23-10-4-1-5-11-23)18-8-9-20(22-14-18)21-13-16-12-17-6-2-3-7-19(17)26-15-16/h2-3,6-9,14,16H,1,4-5,10-13,15H2,(H,21,22)/t16-/m0/s1. The topological polar surface area (TPSA) is 71.5 Å². The molecule has 0 spiro atoms. The van der Waals surface area contributed by atoms with Crippen molar-refractivity contribution < 1.29 is 13.2 Å². The van der Waals surface area contributed by atoms with Gasteiger partial charge in [0.05, 0.1) is 6.61 Å². The maximum Gasteiger partial charge on any atom is 0.244 e. The first-order valence-electron chi connectivity index (χ1n) is 9.54. The lowest BCUT2D eigenvalue weighted by molar-refractivity contribution is 0.229. The first-order valence-corrected chi connectivity index (χ1v) is 11.0. The van der Waals surface area contributed by atoms with Crippen molar-refractivity contribution in [2.75, 3.05) is 31.6 Å². The number of nitrogens with one attached hydrogen (secondary N) is 1. The van der Waals surface area contributed by atoms with Crippen LogP contribution in [0.3, 0.4) is 0 Å². The van der Waals surface area contributed by atoms with Gasteiger partial charge in [-0.05, 0) is 43.0 Å². The van der Waals surface area contributed by atoms with Crippen LogP contribution in [0.5, 0.6) is 5.75 Å². The van der Waals surface area contributed by atoms with Crippen LogP contribution in [0.1, 0.15) is 24.8 Å². The Kier molecular flexibility index (Phi) is 5.31. The zero-order valence-corrected chi connectivity index (χ0v) is 16.1. The van der Waals surface area contributed by atoms with Crippen LogP contribution in [0, 0.1) is 5.92 Å². The lowest BCUT2D eigenvalue weighted by atomic mass is 9.97. The van der Waals surface area contributed by atoms with Gasteiger partial charge in [-0.3, -0.25) is 0 Å². The summed E-state index contributed by atoms with van der Waals surface area (Å²) >= 11 is 0. The van der Waals surface area contributed by atoms with Crippen LogP contribution < -0.4 is 10.1 Å². The van der Waals surface area contributed by atoms with Crippen LogP contribution in [-0.2, 0) is 16.4 Å². The minimum atomic E-state index is -3.42. The molecular weight excluding hydrogens is 362 g/mol. The monoisotopic (exact) mass is 387 g/mol. The van der Waals surface area contributed by atoms with Crippen LogP contribution >= 0.6 is 0 Å². The van der Waals surface area contributed by atoms with E-state index in [0.29, 0.717) is 31.4 Å². The molecule has 1 atom stereocenters. The summed E-state index contributed by atoms with van der Waals surface area (Å²) in [7, 11) is -3.42. The number of para-hydroxylation sites is 1. The van der Waals surface area contributed by atoms with Gasteiger partial charge < -0.3 is 10.1 Å². The van der Waals surface area contributed by atoms with E-state index >= 15 is 0 Å². The quantitative estimate of drug-likeness (QED) is 0.854. The summed E-state index contributed by atoms with van der Waals surface area (Å²) in [6, 6.07) is 11.5. The SMILES string of the molecule is O=S(=O)(c1ccc(NC[C@H]2COc3ccccc3C2)nc1)N1CCCCC1. The number of sulfonamides is 1. The molecule has 1 fully saturated rings. The number of anilines is 1. The summed E-state index contributed by atoms with van der Waals surface area (Å²) in [6.45, 7) is 2.61. The molecule has 144 valence electrons. The van der Waals surface area contributed by atoms with E-state index in [-0.39, 0.29) is 4.90 Å². The first-order chi connectivity index (χ1) is 13.1. The van der Waals surface area contributed by atoms with Gasteiger partial charge in [0.2, 0.25) is 10.0 Å². The highest BCUT2D eigenvalue weighted by molar-refractivity contribution is 7.89. The molecule has 7 heteroatoms. The molecule has 0 saturated carbocycles. The molecule has 4 rings (SSSR count). The van der Waals surface area contributed by atoms with Crippen LogP contribution in [0.15, 0.2) is 47.5 Å². The Morgan fingerprint density at radius 3 is 2.70 bits per heavy atom. The molecule has 2 aliphatic heterocycles. The third-order valence-corrected chi connectivity index (χ3v) is 7.10. The maximum atomic E-state index is 12.7. The molecule has 1 N–H and O–H groups in total. The average Bonchev–Trinajstić information content (AvgIpc) is 2.73. The van der Waals surface area contributed by atoms with Crippen molar-refractivity contribution in [1.82, 2.24) is 9.29 Å². The predicted molar refractivity (Wildman–Crippen MR) is 104 cm³/mol. The third-order valence-electron chi connectivity index (χ3n) is 5.22. The van der Waals surface area contributed by atoms with Crippen molar-refractivity contribution in [3.63, 3.8) is 0 Å². The van der Waals surface area contributed by atoms with Crippen molar-refractivity contribution in [1.29, 1.82) is 0 Å². The fourth-order valence-electron chi connectivity index (χ4n) is 3.66. The minimum Gasteiger partial charge on any atom is -0.493 e. The zero-order valence-electron chi connectivity index (χ0n) is 15.3. The smallest absolute Gasteiger partial charge is 0.244 e. The summed E-state index contributed by atoms with van der Waals surface area (Å²) in [5.41, 5.74) is 1.23. The van der Waals surface area contributed by atoms with Gasteiger partial charge >= 0.3 is 0 Å². The average molecular weight is 388 g/mol.